The Bertz CT molecular complexity index is 715. The van der Waals surface area contributed by atoms with Crippen molar-refractivity contribution in [3.63, 3.8) is 0 Å². The quantitative estimate of drug-likeness (QED) is 0.245. The van der Waals surface area contributed by atoms with Crippen LogP contribution in [0.4, 0.5) is 0 Å². The molecular weight excluding hydrogens is 491 g/mol. The number of halogens is 1. The molecule has 0 spiro atoms. The number of hydrogen-bond acceptors (Lipinski definition) is 3. The van der Waals surface area contributed by atoms with E-state index in [9.17, 15) is 4.79 Å². The van der Waals surface area contributed by atoms with Crippen LogP contribution in [0.5, 0.6) is 5.75 Å². The van der Waals surface area contributed by atoms with Crippen molar-refractivity contribution in [2.75, 3.05) is 20.2 Å². The Hall–Kier alpha value is -1.51. The summed E-state index contributed by atoms with van der Waals surface area (Å²) in [5, 5.41) is 9.85. The zero-order valence-corrected chi connectivity index (χ0v) is 20.8. The summed E-state index contributed by atoms with van der Waals surface area (Å²) in [5.41, 5.74) is 1.52. The van der Waals surface area contributed by atoms with Crippen LogP contribution in [0, 0.1) is 11.3 Å². The molecule has 0 saturated heterocycles. The third-order valence-electron chi connectivity index (χ3n) is 5.78. The van der Waals surface area contributed by atoms with Gasteiger partial charge in [-0.05, 0) is 61.1 Å². The second-order valence-electron chi connectivity index (χ2n) is 9.01. The number of nitrogens with zero attached hydrogens (tertiary/aromatic N) is 1. The molecule has 2 fully saturated rings. The van der Waals surface area contributed by atoms with Crippen LogP contribution in [0.3, 0.4) is 0 Å². The molecular formula is C23H37IN4O2. The van der Waals surface area contributed by atoms with E-state index in [4.69, 9.17) is 4.74 Å². The number of amides is 1. The van der Waals surface area contributed by atoms with Gasteiger partial charge in [-0.1, -0.05) is 32.4 Å². The highest BCUT2D eigenvalue weighted by Gasteiger charge is 2.37. The summed E-state index contributed by atoms with van der Waals surface area (Å²) in [5.74, 6) is 2.21. The molecule has 0 bridgehead atoms. The monoisotopic (exact) mass is 528 g/mol. The first-order chi connectivity index (χ1) is 14.0. The summed E-state index contributed by atoms with van der Waals surface area (Å²) >= 11 is 0. The second-order valence-corrected chi connectivity index (χ2v) is 9.01. The van der Waals surface area contributed by atoms with Crippen LogP contribution in [-0.4, -0.2) is 38.1 Å². The SMILES string of the molecule is CN=C(NCc1cccc(OCC(=O)NC2CC2)c1)NCC1(CC(C)C)CCC1.I. The molecule has 0 aromatic heterocycles. The number of carbonyl (C=O) groups excluding carboxylic acids is 1. The van der Waals surface area contributed by atoms with Crippen LogP contribution >= 0.6 is 24.0 Å². The van der Waals surface area contributed by atoms with Gasteiger partial charge in [0, 0.05) is 26.2 Å². The van der Waals surface area contributed by atoms with Crippen LogP contribution in [0.1, 0.15) is 57.9 Å². The molecule has 0 unspecified atom stereocenters. The molecule has 1 amide bonds. The van der Waals surface area contributed by atoms with Gasteiger partial charge in [-0.25, -0.2) is 0 Å². The van der Waals surface area contributed by atoms with E-state index in [0.29, 0.717) is 23.8 Å². The largest absolute Gasteiger partial charge is 0.484 e. The lowest BCUT2D eigenvalue weighted by molar-refractivity contribution is -0.123. The number of nitrogens with one attached hydrogen (secondary N) is 3. The minimum Gasteiger partial charge on any atom is -0.484 e. The number of benzene rings is 1. The van der Waals surface area contributed by atoms with Crippen molar-refractivity contribution in [2.24, 2.45) is 16.3 Å². The molecule has 2 aliphatic carbocycles. The van der Waals surface area contributed by atoms with E-state index < -0.39 is 0 Å². The Labute approximate surface area is 198 Å². The number of aliphatic imine (C=N–C) groups is 1. The van der Waals surface area contributed by atoms with Gasteiger partial charge in [-0.3, -0.25) is 9.79 Å². The maximum absolute atomic E-state index is 11.8. The van der Waals surface area contributed by atoms with Gasteiger partial charge in [0.25, 0.3) is 5.91 Å². The van der Waals surface area contributed by atoms with Crippen LogP contribution < -0.4 is 20.7 Å². The van der Waals surface area contributed by atoms with Gasteiger partial charge < -0.3 is 20.7 Å². The number of rotatable bonds is 10. The Kier molecular flexibility index (Phi) is 9.71. The summed E-state index contributed by atoms with van der Waals surface area (Å²) in [4.78, 5) is 16.2. The van der Waals surface area contributed by atoms with E-state index in [-0.39, 0.29) is 36.5 Å². The number of hydrogen-bond donors (Lipinski definition) is 3. The fourth-order valence-electron chi connectivity index (χ4n) is 4.06. The van der Waals surface area contributed by atoms with Gasteiger partial charge in [0.05, 0.1) is 0 Å². The standard InChI is InChI=1S/C23H36N4O2.HI/c1-17(2)13-23(10-5-11-23)16-26-22(24-3)25-14-18-6-4-7-20(12-18)29-15-21(28)27-19-8-9-19;/h4,6-7,12,17,19H,5,8-11,13-16H2,1-3H3,(H,27,28)(H2,24,25,26);1H. The Balaban J connectivity index is 0.00000320. The molecule has 2 aliphatic rings. The molecule has 0 aliphatic heterocycles. The summed E-state index contributed by atoms with van der Waals surface area (Å²) in [7, 11) is 1.81. The van der Waals surface area contributed by atoms with E-state index in [2.05, 4.69) is 34.8 Å². The molecule has 30 heavy (non-hydrogen) atoms. The van der Waals surface area contributed by atoms with E-state index >= 15 is 0 Å². The highest BCUT2D eigenvalue weighted by Crippen LogP contribution is 2.45. The molecule has 7 heteroatoms. The summed E-state index contributed by atoms with van der Waals surface area (Å²) in [6.07, 6.45) is 7.39. The predicted molar refractivity (Wildman–Crippen MR) is 132 cm³/mol. The maximum atomic E-state index is 11.8. The van der Waals surface area contributed by atoms with Gasteiger partial charge in [-0.15, -0.1) is 24.0 Å². The van der Waals surface area contributed by atoms with Crippen molar-refractivity contribution in [1.82, 2.24) is 16.0 Å². The minimum atomic E-state index is -0.0491. The van der Waals surface area contributed by atoms with E-state index in [0.717, 1.165) is 36.8 Å². The fourth-order valence-corrected chi connectivity index (χ4v) is 4.06. The highest BCUT2D eigenvalue weighted by molar-refractivity contribution is 14.0. The van der Waals surface area contributed by atoms with Gasteiger partial charge in [0.15, 0.2) is 12.6 Å². The van der Waals surface area contributed by atoms with Crippen molar-refractivity contribution in [2.45, 2.75) is 65.0 Å². The van der Waals surface area contributed by atoms with Crippen LogP contribution in [0.25, 0.3) is 0 Å². The zero-order valence-electron chi connectivity index (χ0n) is 18.5. The molecule has 1 aromatic rings. The normalized spacial score (nSPS) is 17.5. The van der Waals surface area contributed by atoms with Gasteiger partial charge in [0.1, 0.15) is 5.75 Å². The lowest BCUT2D eigenvalue weighted by atomic mass is 9.64. The fraction of sp³-hybridized carbons (Fsp3) is 0.652. The lowest BCUT2D eigenvalue weighted by Gasteiger charge is -2.43. The van der Waals surface area contributed by atoms with Gasteiger partial charge >= 0.3 is 0 Å². The first kappa shape index (κ1) is 24.8. The summed E-state index contributed by atoms with van der Waals surface area (Å²) in [6, 6.07) is 8.21. The molecule has 168 valence electrons. The summed E-state index contributed by atoms with van der Waals surface area (Å²) < 4.78 is 5.64. The smallest absolute Gasteiger partial charge is 0.258 e. The van der Waals surface area contributed by atoms with E-state index in [1.165, 1.54) is 25.7 Å². The van der Waals surface area contributed by atoms with Gasteiger partial charge in [-0.2, -0.15) is 0 Å². The van der Waals surface area contributed by atoms with Crippen molar-refractivity contribution in [3.05, 3.63) is 29.8 Å². The van der Waals surface area contributed by atoms with Crippen molar-refractivity contribution in [3.8, 4) is 5.75 Å². The Morgan fingerprint density at radius 3 is 2.63 bits per heavy atom. The average molecular weight is 528 g/mol. The number of carbonyl (C=O) groups is 1. The van der Waals surface area contributed by atoms with Crippen molar-refractivity contribution in [1.29, 1.82) is 0 Å². The van der Waals surface area contributed by atoms with E-state index in [1.807, 2.05) is 31.3 Å². The summed E-state index contributed by atoms with van der Waals surface area (Å²) in [6.45, 7) is 6.30. The van der Waals surface area contributed by atoms with Crippen LogP contribution in [-0.2, 0) is 11.3 Å². The molecule has 2 saturated carbocycles. The van der Waals surface area contributed by atoms with Crippen LogP contribution in [0.15, 0.2) is 29.3 Å². The molecule has 0 radical (unpaired) electrons. The van der Waals surface area contributed by atoms with Crippen LogP contribution in [0.2, 0.25) is 0 Å². The predicted octanol–water partition coefficient (Wildman–Crippen LogP) is 3.84. The first-order valence-corrected chi connectivity index (χ1v) is 10.9. The van der Waals surface area contributed by atoms with Gasteiger partial charge in [0.2, 0.25) is 0 Å². The molecule has 6 nitrogen and oxygen atoms in total. The zero-order chi connectivity index (χ0) is 20.7. The number of guanidine groups is 1. The number of ether oxygens (including phenoxy) is 1. The van der Waals surface area contributed by atoms with Crippen molar-refractivity contribution >= 4 is 35.8 Å². The average Bonchev–Trinajstić information content (AvgIpc) is 3.48. The van der Waals surface area contributed by atoms with E-state index in [1.54, 1.807) is 0 Å². The molecule has 3 rings (SSSR count). The topological polar surface area (TPSA) is 74.8 Å². The Morgan fingerprint density at radius 2 is 2.03 bits per heavy atom. The molecule has 0 heterocycles. The molecule has 0 atom stereocenters. The lowest BCUT2D eigenvalue weighted by Crippen LogP contribution is -2.46. The minimum absolute atomic E-state index is 0. The Morgan fingerprint density at radius 1 is 1.27 bits per heavy atom. The molecule has 1 aromatic carbocycles. The highest BCUT2D eigenvalue weighted by atomic mass is 127. The third-order valence-corrected chi connectivity index (χ3v) is 5.78. The third kappa shape index (κ3) is 7.96. The maximum Gasteiger partial charge on any atom is 0.258 e. The molecule has 3 N–H and O–H groups in total. The van der Waals surface area contributed by atoms with Crippen molar-refractivity contribution < 1.29 is 9.53 Å². The second kappa shape index (κ2) is 11.8. The first-order valence-electron chi connectivity index (χ1n) is 10.9.